The smallest absolute Gasteiger partial charge is 0.382 e. The van der Waals surface area contributed by atoms with Crippen LogP contribution in [0.3, 0.4) is 0 Å². The van der Waals surface area contributed by atoms with Crippen molar-refractivity contribution in [2.75, 3.05) is 13.1 Å². The first-order valence-corrected chi connectivity index (χ1v) is 12.6. The molecule has 0 radical (unpaired) electrons. The Labute approximate surface area is 239 Å². The summed E-state index contributed by atoms with van der Waals surface area (Å²) in [7, 11) is 0. The topological polar surface area (TPSA) is 130 Å². The Morgan fingerprint density at radius 3 is 2.31 bits per heavy atom. The van der Waals surface area contributed by atoms with Gasteiger partial charge in [-0.2, -0.15) is 26.3 Å². The summed E-state index contributed by atoms with van der Waals surface area (Å²) in [5.74, 6) is -1.26. The number of aliphatic hydroxyl groups excluding tert-OH is 1. The second-order valence-electron chi connectivity index (χ2n) is 8.92. The number of hydrogen-bond acceptors (Lipinski definition) is 5. The van der Waals surface area contributed by atoms with Gasteiger partial charge in [-0.3, -0.25) is 9.36 Å². The van der Waals surface area contributed by atoms with Crippen molar-refractivity contribution >= 4 is 23.5 Å². The van der Waals surface area contributed by atoms with Gasteiger partial charge in [0.25, 0.3) is 0 Å². The second-order valence-corrected chi connectivity index (χ2v) is 9.36. The predicted molar refractivity (Wildman–Crippen MR) is 138 cm³/mol. The number of alkyl halides is 6. The molecule has 10 nitrogen and oxygen atoms in total. The van der Waals surface area contributed by atoms with Gasteiger partial charge in [0.1, 0.15) is 6.54 Å². The van der Waals surface area contributed by atoms with Gasteiger partial charge in [-0.15, -0.1) is 5.10 Å². The summed E-state index contributed by atoms with van der Waals surface area (Å²) in [5.41, 5.74) is -2.06. The fourth-order valence-electron chi connectivity index (χ4n) is 3.78. The highest BCUT2D eigenvalue weighted by Crippen LogP contribution is 2.31. The summed E-state index contributed by atoms with van der Waals surface area (Å²) in [4.78, 5) is 37.9. The standard InChI is InChI=1S/C25H25ClF6N6O4/c1-2-33-22(41)34-11-18(15-4-3-5-16(10-15)24(27,28)29)35-20(40)13-38-23(42)37(12-19(39)25(30,31)32)21(36-38)14-6-8-17(26)9-7-14/h3-10,18-19,39H,2,11-13H2,1H3,(H,35,40)(H2,33,34,41)/t18?,19-/m0/s1. The van der Waals surface area contributed by atoms with E-state index in [1.54, 1.807) is 6.92 Å². The number of nitrogens with zero attached hydrogens (tertiary/aromatic N) is 3. The summed E-state index contributed by atoms with van der Waals surface area (Å²) in [5, 5.41) is 21.1. The number of carbonyl (C=O) groups excluding carboxylic acids is 2. The van der Waals surface area contributed by atoms with Crippen LogP contribution in [0, 0.1) is 0 Å². The lowest BCUT2D eigenvalue weighted by molar-refractivity contribution is -0.207. The van der Waals surface area contributed by atoms with E-state index >= 15 is 0 Å². The maximum atomic E-state index is 13.3. The quantitative estimate of drug-likeness (QED) is 0.257. The lowest BCUT2D eigenvalue weighted by atomic mass is 10.0. The van der Waals surface area contributed by atoms with Crippen LogP contribution in [0.25, 0.3) is 11.4 Å². The molecule has 2 atom stereocenters. The molecule has 0 saturated carbocycles. The maximum Gasteiger partial charge on any atom is 0.416 e. The lowest BCUT2D eigenvalue weighted by Crippen LogP contribution is -2.43. The van der Waals surface area contributed by atoms with E-state index in [2.05, 4.69) is 21.0 Å². The van der Waals surface area contributed by atoms with Gasteiger partial charge in [0.15, 0.2) is 11.9 Å². The first kappa shape index (κ1) is 32.5. The third-order valence-corrected chi connectivity index (χ3v) is 6.06. The molecule has 42 heavy (non-hydrogen) atoms. The third-order valence-electron chi connectivity index (χ3n) is 5.81. The number of hydrogen-bond donors (Lipinski definition) is 4. The van der Waals surface area contributed by atoms with Crippen LogP contribution < -0.4 is 21.6 Å². The average Bonchev–Trinajstić information content (AvgIpc) is 3.20. The van der Waals surface area contributed by atoms with E-state index in [9.17, 15) is 45.8 Å². The SMILES string of the molecule is CCNC(=O)NCC(NC(=O)Cn1nc(-c2ccc(Cl)cc2)n(C[C@H](O)C(F)(F)F)c1=O)c1cccc(C(F)(F)F)c1. The summed E-state index contributed by atoms with van der Waals surface area (Å²) in [6, 6.07) is 7.64. The largest absolute Gasteiger partial charge is 0.416 e. The van der Waals surface area contributed by atoms with Crippen molar-refractivity contribution in [1.29, 1.82) is 0 Å². The average molecular weight is 623 g/mol. The number of aliphatic hydroxyl groups is 1. The Kier molecular flexibility index (Phi) is 10.3. The van der Waals surface area contributed by atoms with Crippen molar-refractivity contribution in [2.24, 2.45) is 0 Å². The van der Waals surface area contributed by atoms with Crippen molar-refractivity contribution in [3.8, 4) is 11.4 Å². The highest BCUT2D eigenvalue weighted by molar-refractivity contribution is 6.30. The minimum Gasteiger partial charge on any atom is -0.382 e. The van der Waals surface area contributed by atoms with Crippen molar-refractivity contribution in [2.45, 2.75) is 44.5 Å². The summed E-state index contributed by atoms with van der Waals surface area (Å²) < 4.78 is 80.2. The second kappa shape index (κ2) is 13.3. The Morgan fingerprint density at radius 2 is 1.71 bits per heavy atom. The van der Waals surface area contributed by atoms with Crippen LogP contribution in [0.5, 0.6) is 0 Å². The number of aromatic nitrogens is 3. The highest BCUT2D eigenvalue weighted by Gasteiger charge is 2.39. The monoisotopic (exact) mass is 622 g/mol. The molecule has 2 aromatic carbocycles. The molecule has 0 fully saturated rings. The van der Waals surface area contributed by atoms with Crippen LogP contribution >= 0.6 is 11.6 Å². The van der Waals surface area contributed by atoms with Crippen LogP contribution in [0.15, 0.2) is 53.3 Å². The predicted octanol–water partition coefficient (Wildman–Crippen LogP) is 3.48. The zero-order valence-electron chi connectivity index (χ0n) is 21.8. The van der Waals surface area contributed by atoms with Crippen LogP contribution in [-0.4, -0.2) is 56.8 Å². The number of rotatable bonds is 10. The molecule has 17 heteroatoms. The molecule has 0 aliphatic rings. The molecule has 0 saturated heterocycles. The summed E-state index contributed by atoms with van der Waals surface area (Å²) in [6.07, 6.45) is -12.7. The summed E-state index contributed by atoms with van der Waals surface area (Å²) >= 11 is 5.86. The van der Waals surface area contributed by atoms with Gasteiger partial charge in [-0.1, -0.05) is 23.7 Å². The molecule has 3 amide bonds. The molecule has 228 valence electrons. The molecule has 3 rings (SSSR count). The molecule has 1 unspecified atom stereocenters. The number of benzene rings is 2. The minimum absolute atomic E-state index is 0.0250. The van der Waals surface area contributed by atoms with E-state index in [1.165, 1.54) is 30.3 Å². The van der Waals surface area contributed by atoms with E-state index in [-0.39, 0.29) is 35.1 Å². The van der Waals surface area contributed by atoms with Crippen LogP contribution in [0.4, 0.5) is 31.1 Å². The van der Waals surface area contributed by atoms with Crippen molar-refractivity contribution in [3.05, 3.63) is 75.2 Å². The molecule has 1 aromatic heterocycles. The first-order valence-electron chi connectivity index (χ1n) is 12.3. The lowest BCUT2D eigenvalue weighted by Gasteiger charge is -2.21. The van der Waals surface area contributed by atoms with E-state index in [0.29, 0.717) is 9.25 Å². The van der Waals surface area contributed by atoms with E-state index < -0.39 is 60.8 Å². The molecular formula is C25H25ClF6N6O4. The van der Waals surface area contributed by atoms with Crippen LogP contribution in [0.2, 0.25) is 5.02 Å². The first-order chi connectivity index (χ1) is 19.6. The van der Waals surface area contributed by atoms with Gasteiger partial charge in [-0.25, -0.2) is 14.3 Å². The third kappa shape index (κ3) is 8.48. The Morgan fingerprint density at radius 1 is 1.05 bits per heavy atom. The van der Waals surface area contributed by atoms with Gasteiger partial charge < -0.3 is 21.1 Å². The van der Waals surface area contributed by atoms with Crippen molar-refractivity contribution in [3.63, 3.8) is 0 Å². The highest BCUT2D eigenvalue weighted by atomic mass is 35.5. The molecule has 4 N–H and O–H groups in total. The molecular weight excluding hydrogens is 598 g/mol. The van der Waals surface area contributed by atoms with Crippen LogP contribution in [-0.2, 0) is 24.1 Å². The molecule has 0 bridgehead atoms. The molecule has 3 aromatic rings. The number of halogens is 7. The van der Waals surface area contributed by atoms with E-state index in [4.69, 9.17) is 11.6 Å². The van der Waals surface area contributed by atoms with Gasteiger partial charge in [0, 0.05) is 23.7 Å². The van der Waals surface area contributed by atoms with Gasteiger partial charge in [-0.05, 0) is 48.9 Å². The van der Waals surface area contributed by atoms with Crippen LogP contribution in [0.1, 0.15) is 24.1 Å². The normalized spacial score (nSPS) is 13.4. The zero-order valence-corrected chi connectivity index (χ0v) is 22.5. The Balaban J connectivity index is 1.93. The molecule has 0 aliphatic carbocycles. The minimum atomic E-state index is -5.06. The molecule has 1 heterocycles. The van der Waals surface area contributed by atoms with Gasteiger partial charge in [0.2, 0.25) is 5.91 Å². The number of amides is 3. The number of carbonyl (C=O) groups is 2. The fourth-order valence-corrected chi connectivity index (χ4v) is 3.90. The molecule has 0 aliphatic heterocycles. The van der Waals surface area contributed by atoms with E-state index in [0.717, 1.165) is 18.2 Å². The number of urea groups is 1. The van der Waals surface area contributed by atoms with Gasteiger partial charge in [0.05, 0.1) is 18.2 Å². The van der Waals surface area contributed by atoms with Crippen molar-refractivity contribution < 1.29 is 41.0 Å². The van der Waals surface area contributed by atoms with E-state index in [1.807, 2.05) is 0 Å². The van der Waals surface area contributed by atoms with Gasteiger partial charge >= 0.3 is 24.1 Å². The molecule has 0 spiro atoms. The fraction of sp³-hybridized carbons (Fsp3) is 0.360. The Bertz CT molecular complexity index is 1460. The maximum absolute atomic E-state index is 13.3. The summed E-state index contributed by atoms with van der Waals surface area (Å²) in [6.45, 7) is -0.558. The number of nitrogens with one attached hydrogen (secondary N) is 3. The Hall–Kier alpha value is -4.05. The van der Waals surface area contributed by atoms with Crippen molar-refractivity contribution in [1.82, 2.24) is 30.3 Å². The zero-order chi connectivity index (χ0) is 31.2.